The van der Waals surface area contributed by atoms with Crippen LogP contribution in [0.2, 0.25) is 0 Å². The zero-order valence-corrected chi connectivity index (χ0v) is 14.3. The zero-order chi connectivity index (χ0) is 17.8. The maximum Gasteiger partial charge on any atom is 0.227 e. The minimum atomic E-state index is 0.223. The molecule has 0 bridgehead atoms. The standard InChI is InChI=1S/C19H20N6O/c26-16-4-2-15(3-5-16)23-19-21-8-7-17(24-19)14-1-6-18(22-13-14)25-11-9-20-10-12-25/h1-8,13,20,26H,9-12H2,(H,21,23,24). The quantitative estimate of drug-likeness (QED) is 0.624. The lowest BCUT2D eigenvalue weighted by atomic mass is 10.2. The Kier molecular flexibility index (Phi) is 4.61. The van der Waals surface area contributed by atoms with Gasteiger partial charge in [-0.3, -0.25) is 0 Å². The lowest BCUT2D eigenvalue weighted by molar-refractivity contribution is 0.475. The molecule has 3 N–H and O–H groups in total. The van der Waals surface area contributed by atoms with Crippen molar-refractivity contribution in [3.8, 4) is 17.0 Å². The number of pyridine rings is 1. The Morgan fingerprint density at radius 3 is 2.50 bits per heavy atom. The van der Waals surface area contributed by atoms with Gasteiger partial charge in [-0.1, -0.05) is 0 Å². The van der Waals surface area contributed by atoms with Crippen LogP contribution in [0, 0.1) is 0 Å². The van der Waals surface area contributed by atoms with Crippen LogP contribution in [0.5, 0.6) is 5.75 Å². The van der Waals surface area contributed by atoms with E-state index < -0.39 is 0 Å². The van der Waals surface area contributed by atoms with E-state index in [0.717, 1.165) is 48.9 Å². The maximum atomic E-state index is 9.36. The minimum absolute atomic E-state index is 0.223. The Bertz CT molecular complexity index is 860. The smallest absolute Gasteiger partial charge is 0.227 e. The Morgan fingerprint density at radius 2 is 1.77 bits per heavy atom. The first kappa shape index (κ1) is 16.3. The van der Waals surface area contributed by atoms with E-state index in [0.29, 0.717) is 5.95 Å². The molecule has 1 aliphatic rings. The van der Waals surface area contributed by atoms with Crippen molar-refractivity contribution in [3.05, 3.63) is 54.9 Å². The van der Waals surface area contributed by atoms with Gasteiger partial charge >= 0.3 is 0 Å². The van der Waals surface area contributed by atoms with Crippen molar-refractivity contribution in [2.75, 3.05) is 36.4 Å². The molecule has 0 saturated carbocycles. The molecule has 7 nitrogen and oxygen atoms in total. The van der Waals surface area contributed by atoms with Gasteiger partial charge in [-0.15, -0.1) is 0 Å². The van der Waals surface area contributed by atoms with Gasteiger partial charge in [0.15, 0.2) is 0 Å². The summed E-state index contributed by atoms with van der Waals surface area (Å²) in [6.07, 6.45) is 3.57. The van der Waals surface area contributed by atoms with E-state index in [1.165, 1.54) is 0 Å². The molecular weight excluding hydrogens is 328 g/mol. The second-order valence-electron chi connectivity index (χ2n) is 6.08. The number of anilines is 3. The molecule has 0 amide bonds. The molecule has 3 heterocycles. The number of aromatic nitrogens is 3. The van der Waals surface area contributed by atoms with Gasteiger partial charge < -0.3 is 20.6 Å². The molecule has 26 heavy (non-hydrogen) atoms. The van der Waals surface area contributed by atoms with Gasteiger partial charge in [-0.25, -0.2) is 15.0 Å². The predicted octanol–water partition coefficient (Wildman–Crippen LogP) is 2.40. The monoisotopic (exact) mass is 348 g/mol. The number of hydrogen-bond donors (Lipinski definition) is 3. The number of aromatic hydroxyl groups is 1. The third-order valence-corrected chi connectivity index (χ3v) is 4.26. The number of phenolic OH excluding ortho intramolecular Hbond substituents is 1. The first-order chi connectivity index (χ1) is 12.8. The lowest BCUT2D eigenvalue weighted by Crippen LogP contribution is -2.43. The summed E-state index contributed by atoms with van der Waals surface area (Å²) in [4.78, 5) is 15.7. The third-order valence-electron chi connectivity index (χ3n) is 4.26. The molecule has 1 aromatic carbocycles. The van der Waals surface area contributed by atoms with E-state index in [1.54, 1.807) is 30.5 Å². The molecule has 1 aliphatic heterocycles. The van der Waals surface area contributed by atoms with E-state index >= 15 is 0 Å². The molecule has 132 valence electrons. The molecule has 0 unspecified atom stereocenters. The highest BCUT2D eigenvalue weighted by molar-refractivity contribution is 5.62. The maximum absolute atomic E-state index is 9.36. The molecule has 7 heteroatoms. The molecule has 0 aliphatic carbocycles. The molecule has 0 atom stereocenters. The fraction of sp³-hybridized carbons (Fsp3) is 0.211. The lowest BCUT2D eigenvalue weighted by Gasteiger charge is -2.28. The Balaban J connectivity index is 1.51. The van der Waals surface area contributed by atoms with Crippen LogP contribution in [0.3, 0.4) is 0 Å². The van der Waals surface area contributed by atoms with Gasteiger partial charge in [0.2, 0.25) is 5.95 Å². The van der Waals surface area contributed by atoms with E-state index in [2.05, 4.69) is 30.5 Å². The number of rotatable bonds is 4. The SMILES string of the molecule is Oc1ccc(Nc2nccc(-c3ccc(N4CCNCC4)nc3)n2)cc1. The van der Waals surface area contributed by atoms with Gasteiger partial charge in [0, 0.05) is 49.8 Å². The van der Waals surface area contributed by atoms with Crippen LogP contribution in [0.1, 0.15) is 0 Å². The highest BCUT2D eigenvalue weighted by atomic mass is 16.3. The first-order valence-corrected chi connectivity index (χ1v) is 8.59. The average Bonchev–Trinajstić information content (AvgIpc) is 2.71. The van der Waals surface area contributed by atoms with Gasteiger partial charge in [0.25, 0.3) is 0 Å². The summed E-state index contributed by atoms with van der Waals surface area (Å²) < 4.78 is 0. The number of nitrogens with one attached hydrogen (secondary N) is 2. The summed E-state index contributed by atoms with van der Waals surface area (Å²) in [6.45, 7) is 3.92. The normalized spacial score (nSPS) is 14.2. The van der Waals surface area contributed by atoms with Crippen LogP contribution in [0.25, 0.3) is 11.3 Å². The Labute approximate surface area is 151 Å². The molecule has 4 rings (SSSR count). The van der Waals surface area contributed by atoms with Crippen molar-refractivity contribution < 1.29 is 5.11 Å². The number of benzene rings is 1. The second-order valence-corrected chi connectivity index (χ2v) is 6.08. The van der Waals surface area contributed by atoms with E-state index in [9.17, 15) is 5.11 Å². The fourth-order valence-corrected chi connectivity index (χ4v) is 2.87. The second kappa shape index (κ2) is 7.37. The summed E-state index contributed by atoms with van der Waals surface area (Å²) in [5.74, 6) is 1.71. The predicted molar refractivity (Wildman–Crippen MR) is 102 cm³/mol. The Morgan fingerprint density at radius 1 is 0.962 bits per heavy atom. The summed E-state index contributed by atoms with van der Waals surface area (Å²) in [5, 5.41) is 15.8. The van der Waals surface area contributed by atoms with Crippen LogP contribution in [-0.2, 0) is 0 Å². The number of phenols is 1. The van der Waals surface area contributed by atoms with Crippen LogP contribution in [0.15, 0.2) is 54.9 Å². The molecule has 3 aromatic rings. The minimum Gasteiger partial charge on any atom is -0.508 e. The topological polar surface area (TPSA) is 86.2 Å². The first-order valence-electron chi connectivity index (χ1n) is 8.59. The summed E-state index contributed by atoms with van der Waals surface area (Å²) in [7, 11) is 0. The Hall–Kier alpha value is -3.19. The van der Waals surface area contributed by atoms with Gasteiger partial charge in [0.1, 0.15) is 11.6 Å². The van der Waals surface area contributed by atoms with E-state index in [1.807, 2.05) is 24.4 Å². The van der Waals surface area contributed by atoms with Crippen molar-refractivity contribution in [1.29, 1.82) is 0 Å². The van der Waals surface area contributed by atoms with Crippen molar-refractivity contribution in [1.82, 2.24) is 20.3 Å². The van der Waals surface area contributed by atoms with Gasteiger partial charge in [-0.05, 0) is 42.5 Å². The van der Waals surface area contributed by atoms with Crippen molar-refractivity contribution >= 4 is 17.5 Å². The summed E-state index contributed by atoms with van der Waals surface area (Å²) >= 11 is 0. The summed E-state index contributed by atoms with van der Waals surface area (Å²) in [5.41, 5.74) is 2.56. The van der Waals surface area contributed by atoms with E-state index in [4.69, 9.17) is 0 Å². The molecule has 1 fully saturated rings. The van der Waals surface area contributed by atoms with Crippen LogP contribution in [0.4, 0.5) is 17.5 Å². The number of hydrogen-bond acceptors (Lipinski definition) is 7. The molecule has 1 saturated heterocycles. The van der Waals surface area contributed by atoms with Gasteiger partial charge in [0.05, 0.1) is 5.69 Å². The number of piperazine rings is 1. The zero-order valence-electron chi connectivity index (χ0n) is 14.3. The van der Waals surface area contributed by atoms with Crippen LogP contribution < -0.4 is 15.5 Å². The average molecular weight is 348 g/mol. The van der Waals surface area contributed by atoms with Crippen molar-refractivity contribution in [2.45, 2.75) is 0 Å². The highest BCUT2D eigenvalue weighted by Crippen LogP contribution is 2.22. The van der Waals surface area contributed by atoms with Crippen LogP contribution in [-0.4, -0.2) is 46.2 Å². The van der Waals surface area contributed by atoms with E-state index in [-0.39, 0.29) is 5.75 Å². The third kappa shape index (κ3) is 3.73. The molecular formula is C19H20N6O. The van der Waals surface area contributed by atoms with Crippen LogP contribution >= 0.6 is 0 Å². The largest absolute Gasteiger partial charge is 0.508 e. The molecule has 0 radical (unpaired) electrons. The highest BCUT2D eigenvalue weighted by Gasteiger charge is 2.12. The molecule has 2 aromatic heterocycles. The van der Waals surface area contributed by atoms with Crippen molar-refractivity contribution in [3.63, 3.8) is 0 Å². The van der Waals surface area contributed by atoms with Crippen molar-refractivity contribution in [2.24, 2.45) is 0 Å². The summed E-state index contributed by atoms with van der Waals surface area (Å²) in [6, 6.07) is 12.7. The molecule has 0 spiro atoms. The van der Waals surface area contributed by atoms with Gasteiger partial charge in [-0.2, -0.15) is 0 Å². The fourth-order valence-electron chi connectivity index (χ4n) is 2.87. The number of nitrogens with zero attached hydrogens (tertiary/aromatic N) is 4.